The van der Waals surface area contributed by atoms with Gasteiger partial charge in [-0.1, -0.05) is 103 Å². The summed E-state index contributed by atoms with van der Waals surface area (Å²) in [4.78, 5) is 2.64. The first-order valence-electron chi connectivity index (χ1n) is 19.6. The lowest BCUT2D eigenvalue weighted by Gasteiger charge is -2.28. The van der Waals surface area contributed by atoms with Crippen LogP contribution in [0.25, 0.3) is 77.2 Å². The highest BCUT2D eigenvalue weighted by Crippen LogP contribution is 2.55. The summed E-state index contributed by atoms with van der Waals surface area (Å²) < 4.78 is 4.80. The molecule has 4 heteroatoms. The molecule has 1 fully saturated rings. The molecule has 0 spiro atoms. The lowest BCUT2D eigenvalue weighted by Crippen LogP contribution is -2.24. The largest absolute Gasteiger partial charge is 0.328 e. The summed E-state index contributed by atoms with van der Waals surface area (Å²) in [7, 11) is 0. The summed E-state index contributed by atoms with van der Waals surface area (Å²) in [5.41, 5.74) is 16.2. The molecule has 4 heterocycles. The Morgan fingerprint density at radius 3 is 1.48 bits per heavy atom. The summed E-state index contributed by atoms with van der Waals surface area (Å²) in [5.74, 6) is 1.74. The van der Waals surface area contributed by atoms with Gasteiger partial charge in [-0.25, -0.2) is 0 Å². The van der Waals surface area contributed by atoms with Crippen LogP contribution in [0.4, 0.5) is 11.4 Å². The highest BCUT2D eigenvalue weighted by atomic mass is 32.2. The fraction of sp³-hybridized carbons (Fsp3) is 0.0769. The van der Waals surface area contributed by atoms with Crippen LogP contribution in [0.1, 0.15) is 17.9 Å². The lowest BCUT2D eigenvalue weighted by atomic mass is 9.95. The second-order valence-electron chi connectivity index (χ2n) is 15.2. The number of fused-ring (bicyclic) bond motifs is 9. The van der Waals surface area contributed by atoms with Crippen LogP contribution >= 0.6 is 11.8 Å². The molecule has 10 aromatic rings. The van der Waals surface area contributed by atoms with Crippen molar-refractivity contribution in [1.82, 2.24) is 9.13 Å². The number of hydrogen-bond acceptors (Lipinski definition) is 2. The molecule has 0 saturated carbocycles. The Morgan fingerprint density at radius 1 is 0.393 bits per heavy atom. The normalized spacial score (nSPS) is 16.3. The summed E-state index contributed by atoms with van der Waals surface area (Å²) in [6.45, 7) is 0. The molecule has 0 amide bonds. The standard InChI is InChI=1S/C52H37N3S/c1-3-13-38(14-4-1)53-47-20-10-8-18-42(47)45-32-34(23-25-50(45)53)36-29-37(31-40(30-36)55-49-22-12-7-17-41(49)44-27-28-56-52(44)55)35-24-26-51-46(33-35)43-19-9-11-21-48(43)54(51)39-15-5-2-6-16-39/h1-26,29-33,44,52H,27-28H2. The SMILES string of the molecule is c1ccc(-n2c3ccccc3c3cc(-c4cc(-c5ccc6c(c5)c5ccccc5n6-c5ccccc5)cc(N5c6ccccc6C6CCSC65)c4)ccc32)cc1. The molecule has 0 aliphatic carbocycles. The van der Waals surface area contributed by atoms with Gasteiger partial charge in [0.15, 0.2) is 0 Å². The molecule has 8 aromatic carbocycles. The minimum absolute atomic E-state index is 0.396. The van der Waals surface area contributed by atoms with Gasteiger partial charge in [0.2, 0.25) is 0 Å². The van der Waals surface area contributed by atoms with Crippen LogP contribution in [-0.4, -0.2) is 20.3 Å². The first-order valence-corrected chi connectivity index (χ1v) is 20.7. The monoisotopic (exact) mass is 735 g/mol. The second-order valence-corrected chi connectivity index (χ2v) is 16.4. The minimum Gasteiger partial charge on any atom is -0.328 e. The Labute approximate surface area is 330 Å². The molecule has 266 valence electrons. The Balaban J connectivity index is 1.08. The quantitative estimate of drug-likeness (QED) is 0.175. The molecule has 2 aromatic heterocycles. The molecular formula is C52H37N3S. The van der Waals surface area contributed by atoms with Crippen LogP contribution in [-0.2, 0) is 0 Å². The maximum Gasteiger partial charge on any atom is 0.0868 e. The molecule has 0 radical (unpaired) electrons. The van der Waals surface area contributed by atoms with Crippen molar-refractivity contribution >= 4 is 66.7 Å². The summed E-state index contributed by atoms with van der Waals surface area (Å²) in [6.07, 6.45) is 1.22. The van der Waals surface area contributed by atoms with Gasteiger partial charge in [0, 0.05) is 50.2 Å². The topological polar surface area (TPSA) is 13.1 Å². The number of hydrogen-bond donors (Lipinski definition) is 0. The van der Waals surface area contributed by atoms with E-state index in [9.17, 15) is 0 Å². The zero-order valence-electron chi connectivity index (χ0n) is 30.7. The van der Waals surface area contributed by atoms with E-state index in [2.05, 4.69) is 214 Å². The van der Waals surface area contributed by atoms with Gasteiger partial charge in [-0.3, -0.25) is 0 Å². The van der Waals surface area contributed by atoms with Gasteiger partial charge in [0.1, 0.15) is 0 Å². The highest BCUT2D eigenvalue weighted by Gasteiger charge is 2.42. The van der Waals surface area contributed by atoms with E-state index < -0.39 is 0 Å². The number of benzene rings is 8. The Hall–Kier alpha value is -6.49. The third kappa shape index (κ3) is 4.79. The van der Waals surface area contributed by atoms with Crippen molar-refractivity contribution in [2.24, 2.45) is 0 Å². The minimum atomic E-state index is 0.396. The van der Waals surface area contributed by atoms with E-state index >= 15 is 0 Å². The zero-order chi connectivity index (χ0) is 36.7. The van der Waals surface area contributed by atoms with Gasteiger partial charge in [-0.15, -0.1) is 11.8 Å². The number of aromatic nitrogens is 2. The van der Waals surface area contributed by atoms with Crippen LogP contribution < -0.4 is 4.90 Å². The summed E-state index contributed by atoms with van der Waals surface area (Å²) >= 11 is 2.10. The van der Waals surface area contributed by atoms with Gasteiger partial charge < -0.3 is 14.0 Å². The number of nitrogens with zero attached hydrogens (tertiary/aromatic N) is 3. The van der Waals surface area contributed by atoms with E-state index in [0.29, 0.717) is 11.3 Å². The maximum absolute atomic E-state index is 2.64. The highest BCUT2D eigenvalue weighted by molar-refractivity contribution is 8.00. The van der Waals surface area contributed by atoms with Crippen molar-refractivity contribution < 1.29 is 0 Å². The number of thioether (sulfide) groups is 1. The van der Waals surface area contributed by atoms with Crippen LogP contribution in [0.3, 0.4) is 0 Å². The summed E-state index contributed by atoms with van der Waals surface area (Å²) in [6, 6.07) is 69.6. The van der Waals surface area contributed by atoms with Crippen molar-refractivity contribution in [3.63, 3.8) is 0 Å². The number of rotatable bonds is 5. The first-order chi connectivity index (χ1) is 27.8. The number of anilines is 2. The van der Waals surface area contributed by atoms with E-state index in [1.54, 1.807) is 0 Å². The fourth-order valence-electron chi connectivity index (χ4n) is 9.68. The molecule has 12 rings (SSSR count). The van der Waals surface area contributed by atoms with Crippen molar-refractivity contribution in [2.75, 3.05) is 10.7 Å². The molecular weight excluding hydrogens is 699 g/mol. The molecule has 56 heavy (non-hydrogen) atoms. The van der Waals surface area contributed by atoms with E-state index in [1.807, 2.05) is 0 Å². The fourth-order valence-corrected chi connectivity index (χ4v) is 11.2. The smallest absolute Gasteiger partial charge is 0.0868 e. The van der Waals surface area contributed by atoms with Crippen molar-refractivity contribution in [3.05, 3.63) is 194 Å². The van der Waals surface area contributed by atoms with Gasteiger partial charge in [0.05, 0.1) is 27.4 Å². The number of para-hydroxylation sites is 5. The molecule has 2 aliphatic rings. The maximum atomic E-state index is 2.64. The van der Waals surface area contributed by atoms with Crippen molar-refractivity contribution in [2.45, 2.75) is 17.7 Å². The van der Waals surface area contributed by atoms with E-state index in [4.69, 9.17) is 0 Å². The van der Waals surface area contributed by atoms with Crippen LogP contribution in [0.15, 0.2) is 188 Å². The van der Waals surface area contributed by atoms with E-state index in [-0.39, 0.29) is 0 Å². The first kappa shape index (κ1) is 31.8. The van der Waals surface area contributed by atoms with Crippen LogP contribution in [0.2, 0.25) is 0 Å². The van der Waals surface area contributed by atoms with Gasteiger partial charge in [-0.2, -0.15) is 0 Å². The predicted octanol–water partition coefficient (Wildman–Crippen LogP) is 13.9. The molecule has 2 atom stereocenters. The molecule has 0 N–H and O–H groups in total. The van der Waals surface area contributed by atoms with E-state index in [1.165, 1.54) is 106 Å². The Morgan fingerprint density at radius 2 is 0.893 bits per heavy atom. The Kier molecular flexibility index (Phi) is 7.12. The second kappa shape index (κ2) is 12.5. The van der Waals surface area contributed by atoms with Gasteiger partial charge in [0.25, 0.3) is 0 Å². The molecule has 1 saturated heterocycles. The van der Waals surface area contributed by atoms with Crippen molar-refractivity contribution in [3.8, 4) is 33.6 Å². The Bertz CT molecular complexity index is 2960. The van der Waals surface area contributed by atoms with Crippen LogP contribution in [0, 0.1) is 0 Å². The third-order valence-corrected chi connectivity index (χ3v) is 13.5. The zero-order valence-corrected chi connectivity index (χ0v) is 31.5. The van der Waals surface area contributed by atoms with E-state index in [0.717, 1.165) is 0 Å². The molecule has 2 aliphatic heterocycles. The molecule has 0 bridgehead atoms. The third-order valence-electron chi connectivity index (χ3n) is 12.1. The average molecular weight is 736 g/mol. The summed E-state index contributed by atoms with van der Waals surface area (Å²) in [5, 5.41) is 5.46. The van der Waals surface area contributed by atoms with Gasteiger partial charge >= 0.3 is 0 Å². The molecule has 2 unspecified atom stereocenters. The van der Waals surface area contributed by atoms with Crippen LogP contribution in [0.5, 0.6) is 0 Å². The predicted molar refractivity (Wildman–Crippen MR) is 238 cm³/mol. The average Bonchev–Trinajstić information content (AvgIpc) is 4.03. The molecule has 3 nitrogen and oxygen atoms in total. The van der Waals surface area contributed by atoms with Crippen molar-refractivity contribution in [1.29, 1.82) is 0 Å². The lowest BCUT2D eigenvalue weighted by molar-refractivity contribution is 0.709. The van der Waals surface area contributed by atoms with Gasteiger partial charge in [-0.05, 0) is 125 Å².